The van der Waals surface area contributed by atoms with Crippen LogP contribution in [0.5, 0.6) is 0 Å². The van der Waals surface area contributed by atoms with E-state index < -0.39 is 0 Å². The van der Waals surface area contributed by atoms with Crippen molar-refractivity contribution in [3.63, 3.8) is 0 Å². The monoisotopic (exact) mass is 999 g/mol. The molecule has 4 heterocycles. The van der Waals surface area contributed by atoms with Gasteiger partial charge in [-0.3, -0.25) is 0 Å². The Morgan fingerprint density at radius 1 is 0.387 bits per heavy atom. The van der Waals surface area contributed by atoms with E-state index in [0.29, 0.717) is 0 Å². The van der Waals surface area contributed by atoms with Crippen LogP contribution in [0.15, 0.2) is 162 Å². The molecule has 0 N–H and O–H groups in total. The number of thiophene rings is 1. The van der Waals surface area contributed by atoms with Gasteiger partial charge in [0.15, 0.2) is 0 Å². The number of para-hydroxylation sites is 1. The van der Waals surface area contributed by atoms with Gasteiger partial charge < -0.3 is 14.2 Å². The van der Waals surface area contributed by atoms with Crippen LogP contribution in [-0.4, -0.2) is 6.71 Å². The Balaban J connectivity index is 1.12. The number of hydrogen-bond acceptors (Lipinski definition) is 4. The molecular formula is C70H71BN2OS. The minimum atomic E-state index is -0.0695. The van der Waals surface area contributed by atoms with Crippen molar-refractivity contribution in [2.45, 2.75) is 131 Å². The summed E-state index contributed by atoms with van der Waals surface area (Å²) >= 11 is 1.97. The molecule has 0 aliphatic carbocycles. The second-order valence-electron chi connectivity index (χ2n) is 26.8. The van der Waals surface area contributed by atoms with E-state index in [0.717, 1.165) is 38.9 Å². The molecule has 0 bridgehead atoms. The molecule has 0 saturated carbocycles. The average molecular weight is 999 g/mol. The Bertz CT molecular complexity index is 3890. The minimum Gasteiger partial charge on any atom is -0.456 e. The average Bonchev–Trinajstić information content (AvgIpc) is 3.97. The maximum Gasteiger partial charge on any atom is 0.264 e. The van der Waals surface area contributed by atoms with Gasteiger partial charge in [0.2, 0.25) is 0 Å². The quantitative estimate of drug-likeness (QED) is 0.164. The van der Waals surface area contributed by atoms with Gasteiger partial charge in [0.25, 0.3) is 6.71 Å². The van der Waals surface area contributed by atoms with Crippen molar-refractivity contribution in [3.05, 3.63) is 186 Å². The lowest BCUT2D eigenvalue weighted by molar-refractivity contribution is 0.569. The highest BCUT2D eigenvalue weighted by molar-refractivity contribution is 7.33. The Morgan fingerprint density at radius 3 is 1.60 bits per heavy atom. The summed E-state index contributed by atoms with van der Waals surface area (Å²) in [5.41, 5.74) is 23.1. The lowest BCUT2D eigenvalue weighted by Crippen LogP contribution is -2.60. The van der Waals surface area contributed by atoms with E-state index in [1.54, 1.807) is 0 Å². The third kappa shape index (κ3) is 8.24. The van der Waals surface area contributed by atoms with Gasteiger partial charge in [-0.25, -0.2) is 0 Å². The van der Waals surface area contributed by atoms with Crippen LogP contribution in [-0.2, 0) is 27.1 Å². The molecule has 2 aromatic heterocycles. The molecule has 10 aromatic rings. The highest BCUT2D eigenvalue weighted by atomic mass is 32.1. The number of benzene rings is 8. The van der Waals surface area contributed by atoms with Crippen molar-refractivity contribution in [1.82, 2.24) is 0 Å². The first-order valence-corrected chi connectivity index (χ1v) is 27.9. The van der Waals surface area contributed by atoms with E-state index in [1.165, 1.54) is 93.0 Å². The van der Waals surface area contributed by atoms with Crippen molar-refractivity contribution < 1.29 is 4.42 Å². The molecular weight excluding hydrogens is 928 g/mol. The first-order valence-electron chi connectivity index (χ1n) is 27.1. The Labute approximate surface area is 450 Å². The summed E-state index contributed by atoms with van der Waals surface area (Å²) in [7, 11) is 0. The van der Waals surface area contributed by atoms with E-state index in [1.807, 2.05) is 11.3 Å². The predicted octanol–water partition coefficient (Wildman–Crippen LogP) is 18.7. The van der Waals surface area contributed by atoms with E-state index in [9.17, 15) is 0 Å². The normalized spacial score (nSPS) is 14.0. The smallest absolute Gasteiger partial charge is 0.264 e. The number of anilines is 6. The first kappa shape index (κ1) is 49.1. The highest BCUT2D eigenvalue weighted by Crippen LogP contribution is 2.51. The number of hydrogen-bond donors (Lipinski definition) is 0. The van der Waals surface area contributed by atoms with Crippen LogP contribution in [0.25, 0.3) is 54.3 Å². The predicted molar refractivity (Wildman–Crippen MR) is 327 cm³/mol. The molecule has 2 aliphatic heterocycles. The molecule has 0 unspecified atom stereocenters. The fourth-order valence-electron chi connectivity index (χ4n) is 11.7. The SMILES string of the molecule is CC(C)(C)c1cc(-c2ccc(N3c4cccc5c4B(c4cc(C(C)(C)C)ccc4N5c4ccc(C(C)(C)C)cc4-c4ccc5c(c4)oc4ccccc45)c4sc5ccc(C(C)(C)C)cc5c43)cc2)cc(C(C)(C)C)c1. The molecule has 0 radical (unpaired) electrons. The fourth-order valence-corrected chi connectivity index (χ4v) is 13.0. The van der Waals surface area contributed by atoms with Crippen molar-refractivity contribution in [1.29, 1.82) is 0 Å². The van der Waals surface area contributed by atoms with Gasteiger partial charge in [-0.05, 0) is 155 Å². The number of nitrogens with zero attached hydrogens (tertiary/aromatic N) is 2. The number of fused-ring (bicyclic) bond motifs is 9. The number of furan rings is 1. The Hall–Kier alpha value is -6.82. The second-order valence-corrected chi connectivity index (χ2v) is 27.8. The summed E-state index contributed by atoms with van der Waals surface area (Å²) < 4.78 is 9.30. The molecule has 75 heavy (non-hydrogen) atoms. The zero-order chi connectivity index (χ0) is 52.9. The summed E-state index contributed by atoms with van der Waals surface area (Å²) in [6.07, 6.45) is 0. The summed E-state index contributed by atoms with van der Waals surface area (Å²) in [6.45, 7) is 35.0. The Morgan fingerprint density at radius 2 is 0.947 bits per heavy atom. The summed E-state index contributed by atoms with van der Waals surface area (Å²) in [4.78, 5) is 5.20. The third-order valence-electron chi connectivity index (χ3n) is 16.2. The molecule has 2 aliphatic rings. The molecule has 3 nitrogen and oxygen atoms in total. The van der Waals surface area contributed by atoms with Gasteiger partial charge in [0.1, 0.15) is 11.2 Å². The van der Waals surface area contributed by atoms with E-state index >= 15 is 0 Å². The van der Waals surface area contributed by atoms with Crippen LogP contribution in [0.4, 0.5) is 34.1 Å². The second kappa shape index (κ2) is 16.8. The van der Waals surface area contributed by atoms with Crippen LogP contribution >= 0.6 is 11.3 Å². The van der Waals surface area contributed by atoms with E-state index in [2.05, 4.69) is 271 Å². The molecule has 0 fully saturated rings. The van der Waals surface area contributed by atoms with Crippen molar-refractivity contribution >= 4 is 99.9 Å². The van der Waals surface area contributed by atoms with Crippen LogP contribution in [0.3, 0.4) is 0 Å². The highest BCUT2D eigenvalue weighted by Gasteiger charge is 2.46. The van der Waals surface area contributed by atoms with E-state index in [-0.39, 0.29) is 33.8 Å². The molecule has 376 valence electrons. The number of rotatable bonds is 4. The van der Waals surface area contributed by atoms with Gasteiger partial charge in [-0.15, -0.1) is 11.3 Å². The van der Waals surface area contributed by atoms with Gasteiger partial charge in [-0.2, -0.15) is 0 Å². The summed E-state index contributed by atoms with van der Waals surface area (Å²) in [5, 5.41) is 3.59. The maximum atomic E-state index is 6.60. The fraction of sp³-hybridized carbons (Fsp3) is 0.286. The van der Waals surface area contributed by atoms with Crippen molar-refractivity contribution in [2.24, 2.45) is 0 Å². The molecule has 0 spiro atoms. The molecule has 0 saturated heterocycles. The molecule has 8 aromatic carbocycles. The lowest BCUT2D eigenvalue weighted by atomic mass is 9.36. The van der Waals surface area contributed by atoms with Gasteiger partial charge in [0.05, 0.1) is 11.4 Å². The Kier molecular flexibility index (Phi) is 11.0. The van der Waals surface area contributed by atoms with Gasteiger partial charge >= 0.3 is 0 Å². The van der Waals surface area contributed by atoms with Crippen LogP contribution in [0.2, 0.25) is 0 Å². The molecule has 0 atom stereocenters. The maximum absolute atomic E-state index is 6.60. The van der Waals surface area contributed by atoms with Gasteiger partial charge in [-0.1, -0.05) is 189 Å². The zero-order valence-electron chi connectivity index (χ0n) is 46.8. The molecule has 0 amide bonds. The van der Waals surface area contributed by atoms with Crippen LogP contribution in [0, 0.1) is 0 Å². The van der Waals surface area contributed by atoms with Crippen LogP contribution < -0.4 is 25.5 Å². The topological polar surface area (TPSA) is 19.6 Å². The summed E-state index contributed by atoms with van der Waals surface area (Å²) in [5.74, 6) is 0. The van der Waals surface area contributed by atoms with Crippen LogP contribution in [0.1, 0.15) is 132 Å². The minimum absolute atomic E-state index is 0.00548. The largest absolute Gasteiger partial charge is 0.456 e. The zero-order valence-corrected chi connectivity index (χ0v) is 47.6. The van der Waals surface area contributed by atoms with Crippen molar-refractivity contribution in [2.75, 3.05) is 9.80 Å². The first-order chi connectivity index (χ1) is 35.3. The third-order valence-corrected chi connectivity index (χ3v) is 17.5. The van der Waals surface area contributed by atoms with Gasteiger partial charge in [0, 0.05) is 53.9 Å². The lowest BCUT2D eigenvalue weighted by Gasteiger charge is -2.44. The molecule has 12 rings (SSSR count). The summed E-state index contributed by atoms with van der Waals surface area (Å²) in [6, 6.07) is 60.8. The standard InChI is InChI=1S/C70H71BN2OS/c1-66(2,3)45-26-32-56(53(39-45)43-25-31-52-51-19-16-17-22-60(51)74-61(52)37-43)73-57-33-27-47(68(7,8)9)41-55(57)71-63-58(20-18-21-59(63)73)72(64-54-40-46(67(4,5)6)28-34-62(54)75-65(64)71)50-29-23-42(24-30-50)44-35-48(69(10,11)12)38-49(36-44)70(13,14)15/h16-41H,1-15H3. The molecule has 5 heteroatoms. The van der Waals surface area contributed by atoms with Crippen molar-refractivity contribution in [3.8, 4) is 22.3 Å². The van der Waals surface area contributed by atoms with E-state index in [4.69, 9.17) is 4.42 Å².